The van der Waals surface area contributed by atoms with Gasteiger partial charge in [-0.3, -0.25) is 0 Å². The van der Waals surface area contributed by atoms with Gasteiger partial charge in [0.2, 0.25) is 0 Å². The lowest BCUT2D eigenvalue weighted by atomic mass is 10.1. The summed E-state index contributed by atoms with van der Waals surface area (Å²) < 4.78 is 0. The third-order valence-electron chi connectivity index (χ3n) is 1.83. The Morgan fingerprint density at radius 3 is 2.57 bits per heavy atom. The van der Waals surface area contributed by atoms with Gasteiger partial charge in [-0.05, 0) is 25.2 Å². The van der Waals surface area contributed by atoms with Gasteiger partial charge in [0.05, 0.1) is 0 Å². The molecule has 1 fully saturated rings. The molecule has 0 heteroatoms. The van der Waals surface area contributed by atoms with Crippen molar-refractivity contribution in [1.29, 1.82) is 0 Å². The molecule has 0 N–H and O–H groups in total. The van der Waals surface area contributed by atoms with Crippen LogP contribution in [0.15, 0.2) is 12.2 Å². The van der Waals surface area contributed by atoms with Crippen LogP contribution in [0.3, 0.4) is 0 Å². The van der Waals surface area contributed by atoms with Crippen LogP contribution in [0.5, 0.6) is 0 Å². The van der Waals surface area contributed by atoms with Crippen molar-refractivity contribution in [2.45, 2.75) is 26.2 Å². The summed E-state index contributed by atoms with van der Waals surface area (Å²) in [7, 11) is 0. The maximum absolute atomic E-state index is 3.94. The monoisotopic (exact) mass is 96.1 g/mol. The van der Waals surface area contributed by atoms with Gasteiger partial charge < -0.3 is 0 Å². The minimum Gasteiger partial charge on any atom is -0.0996 e. The quantitative estimate of drug-likeness (QED) is 0.406. The lowest BCUT2D eigenvalue weighted by Crippen LogP contribution is -1.83. The van der Waals surface area contributed by atoms with Gasteiger partial charge in [-0.1, -0.05) is 19.1 Å². The van der Waals surface area contributed by atoms with E-state index in [1.54, 1.807) is 0 Å². The fraction of sp³-hybridized carbons (Fsp3) is 0.714. The molecule has 0 radical (unpaired) electrons. The molecule has 0 bridgehead atoms. The van der Waals surface area contributed by atoms with Gasteiger partial charge in [0, 0.05) is 0 Å². The van der Waals surface area contributed by atoms with E-state index in [2.05, 4.69) is 13.5 Å². The zero-order valence-electron chi connectivity index (χ0n) is 4.91. The van der Waals surface area contributed by atoms with Gasteiger partial charge in [0.25, 0.3) is 0 Å². The van der Waals surface area contributed by atoms with E-state index in [0.29, 0.717) is 0 Å². The molecule has 0 aromatic heterocycles. The average Bonchev–Trinajstić information content (AvgIpc) is 1.91. The summed E-state index contributed by atoms with van der Waals surface area (Å²) in [5.74, 6) is 0.819. The Morgan fingerprint density at radius 2 is 2.43 bits per heavy atom. The van der Waals surface area contributed by atoms with Crippen molar-refractivity contribution < 1.29 is 0 Å². The molecule has 1 atom stereocenters. The third kappa shape index (κ3) is 0.846. The summed E-state index contributed by atoms with van der Waals surface area (Å²) in [6, 6.07) is 0. The Bertz CT molecular complexity index is 82.0. The van der Waals surface area contributed by atoms with Gasteiger partial charge in [0.15, 0.2) is 0 Å². The molecule has 1 aliphatic carbocycles. The molecule has 0 heterocycles. The molecule has 7 heavy (non-hydrogen) atoms. The maximum atomic E-state index is 3.94. The molecule has 0 saturated heterocycles. The summed E-state index contributed by atoms with van der Waals surface area (Å²) in [4.78, 5) is 0. The maximum Gasteiger partial charge on any atom is -0.0234 e. The van der Waals surface area contributed by atoms with Crippen molar-refractivity contribution in [3.05, 3.63) is 12.2 Å². The van der Waals surface area contributed by atoms with Gasteiger partial charge in [-0.2, -0.15) is 0 Å². The fourth-order valence-corrected chi connectivity index (χ4v) is 1.09. The van der Waals surface area contributed by atoms with Gasteiger partial charge in [0.1, 0.15) is 0 Å². The molecule has 0 aromatic rings. The normalized spacial score (nSPS) is 31.6. The molecule has 0 nitrogen and oxygen atoms in total. The molecule has 0 amide bonds. The van der Waals surface area contributed by atoms with Crippen LogP contribution in [-0.2, 0) is 0 Å². The number of hydrogen-bond donors (Lipinski definition) is 0. The highest BCUT2D eigenvalue weighted by atomic mass is 14.2. The van der Waals surface area contributed by atoms with Crippen LogP contribution in [0.4, 0.5) is 0 Å². The second-order valence-corrected chi connectivity index (χ2v) is 2.45. The zero-order chi connectivity index (χ0) is 5.28. The van der Waals surface area contributed by atoms with Crippen molar-refractivity contribution in [3.8, 4) is 0 Å². The minimum absolute atomic E-state index is 0.819. The lowest BCUT2D eigenvalue weighted by Gasteiger charge is -1.97. The van der Waals surface area contributed by atoms with Crippen molar-refractivity contribution in [1.82, 2.24) is 0 Å². The topological polar surface area (TPSA) is 0 Å². The van der Waals surface area contributed by atoms with Crippen LogP contribution in [0, 0.1) is 5.92 Å². The summed E-state index contributed by atoms with van der Waals surface area (Å²) >= 11 is 0. The van der Waals surface area contributed by atoms with E-state index in [9.17, 15) is 0 Å². The zero-order valence-corrected chi connectivity index (χ0v) is 4.91. The predicted octanol–water partition coefficient (Wildman–Crippen LogP) is 2.36. The Balaban J connectivity index is 2.48. The molecule has 40 valence electrons. The third-order valence-corrected chi connectivity index (χ3v) is 1.83. The molecule has 1 aliphatic rings. The first-order valence-electron chi connectivity index (χ1n) is 2.98. The van der Waals surface area contributed by atoms with E-state index in [0.717, 1.165) is 5.92 Å². The summed E-state index contributed by atoms with van der Waals surface area (Å²) in [6.07, 6.45) is 4.03. The van der Waals surface area contributed by atoms with Crippen LogP contribution in [0.25, 0.3) is 0 Å². The van der Waals surface area contributed by atoms with Crippen LogP contribution in [0.2, 0.25) is 0 Å². The Morgan fingerprint density at radius 1 is 1.71 bits per heavy atom. The molecule has 1 saturated carbocycles. The lowest BCUT2D eigenvalue weighted by molar-refractivity contribution is 0.697. The molecular formula is C7H12. The fourth-order valence-electron chi connectivity index (χ4n) is 1.09. The minimum atomic E-state index is 0.819. The van der Waals surface area contributed by atoms with Crippen LogP contribution in [0.1, 0.15) is 26.2 Å². The highest BCUT2D eigenvalue weighted by Gasteiger charge is 2.12. The van der Waals surface area contributed by atoms with Crippen LogP contribution in [-0.4, -0.2) is 0 Å². The SMILES string of the molecule is C=C1CCC[C@H]1C. The van der Waals surface area contributed by atoms with Crippen molar-refractivity contribution in [3.63, 3.8) is 0 Å². The predicted molar refractivity (Wildman–Crippen MR) is 32.2 cm³/mol. The first-order valence-corrected chi connectivity index (χ1v) is 2.98. The van der Waals surface area contributed by atoms with E-state index in [4.69, 9.17) is 0 Å². The number of allylic oxidation sites excluding steroid dienone is 1. The van der Waals surface area contributed by atoms with Gasteiger partial charge >= 0.3 is 0 Å². The highest BCUT2D eigenvalue weighted by molar-refractivity contribution is 5.03. The van der Waals surface area contributed by atoms with E-state index >= 15 is 0 Å². The summed E-state index contributed by atoms with van der Waals surface area (Å²) in [5.41, 5.74) is 1.46. The second-order valence-electron chi connectivity index (χ2n) is 2.45. The molecule has 0 unspecified atom stereocenters. The van der Waals surface area contributed by atoms with E-state index < -0.39 is 0 Å². The first-order chi connectivity index (χ1) is 3.30. The van der Waals surface area contributed by atoms with Crippen molar-refractivity contribution >= 4 is 0 Å². The van der Waals surface area contributed by atoms with Crippen molar-refractivity contribution in [2.75, 3.05) is 0 Å². The average molecular weight is 96.2 g/mol. The molecule has 1 rings (SSSR count). The summed E-state index contributed by atoms with van der Waals surface area (Å²) in [5, 5.41) is 0. The second kappa shape index (κ2) is 1.69. The standard InChI is InChI=1S/C7H12/c1-6-4-3-5-7(6)2/h7H,1,3-5H2,2H3/t7-/m1/s1. The Hall–Kier alpha value is -0.260. The van der Waals surface area contributed by atoms with Crippen LogP contribution < -0.4 is 0 Å². The first kappa shape index (κ1) is 4.89. The number of rotatable bonds is 0. The van der Waals surface area contributed by atoms with Crippen LogP contribution >= 0.6 is 0 Å². The summed E-state index contributed by atoms with van der Waals surface area (Å²) in [6.45, 7) is 6.19. The van der Waals surface area contributed by atoms with E-state index in [-0.39, 0.29) is 0 Å². The van der Waals surface area contributed by atoms with E-state index in [1.165, 1.54) is 24.8 Å². The molecule has 0 spiro atoms. The van der Waals surface area contributed by atoms with Gasteiger partial charge in [-0.25, -0.2) is 0 Å². The molecule has 0 aliphatic heterocycles. The molecule has 0 aromatic carbocycles. The van der Waals surface area contributed by atoms with E-state index in [1.807, 2.05) is 0 Å². The smallest absolute Gasteiger partial charge is 0.0234 e. The number of hydrogen-bond acceptors (Lipinski definition) is 0. The largest absolute Gasteiger partial charge is 0.0996 e. The Labute approximate surface area is 45.2 Å². The van der Waals surface area contributed by atoms with Crippen molar-refractivity contribution in [2.24, 2.45) is 5.92 Å². The highest BCUT2D eigenvalue weighted by Crippen LogP contribution is 2.28. The van der Waals surface area contributed by atoms with Gasteiger partial charge in [-0.15, -0.1) is 0 Å². The Kier molecular flexibility index (Phi) is 1.18. The molecular weight excluding hydrogens is 84.1 g/mol.